The van der Waals surface area contributed by atoms with E-state index < -0.39 is 18.2 Å². The zero-order valence-electron chi connectivity index (χ0n) is 18.7. The highest BCUT2D eigenvalue weighted by molar-refractivity contribution is 5.76. The molecule has 2 aromatic rings. The lowest BCUT2D eigenvalue weighted by atomic mass is 10.1. The molecular weight excluding hydrogens is 414 g/mol. The fourth-order valence-electron chi connectivity index (χ4n) is 3.28. The molecule has 1 aliphatic heterocycles. The number of esters is 1. The van der Waals surface area contributed by atoms with E-state index in [9.17, 15) is 9.90 Å². The maximum Gasteiger partial charge on any atom is 0.350 e. The summed E-state index contributed by atoms with van der Waals surface area (Å²) < 4.78 is 27.1. The van der Waals surface area contributed by atoms with Gasteiger partial charge in [0.1, 0.15) is 30.8 Å². The molecular formula is C24H31NO7. The molecule has 174 valence electrons. The van der Waals surface area contributed by atoms with Crippen LogP contribution in [0.15, 0.2) is 42.5 Å². The summed E-state index contributed by atoms with van der Waals surface area (Å²) in [6.45, 7) is 4.83. The average molecular weight is 446 g/mol. The number of rotatable bonds is 11. The van der Waals surface area contributed by atoms with E-state index in [2.05, 4.69) is 5.32 Å². The number of hydrogen-bond acceptors (Lipinski definition) is 8. The molecule has 0 spiro atoms. The predicted octanol–water partition coefficient (Wildman–Crippen LogP) is 2.36. The molecule has 0 aliphatic carbocycles. The third-order valence-electron chi connectivity index (χ3n) is 4.96. The zero-order valence-corrected chi connectivity index (χ0v) is 18.7. The van der Waals surface area contributed by atoms with Gasteiger partial charge in [0.15, 0.2) is 11.5 Å². The van der Waals surface area contributed by atoms with Crippen molar-refractivity contribution >= 4 is 5.97 Å². The van der Waals surface area contributed by atoms with Crippen molar-refractivity contribution < 1.29 is 33.6 Å². The number of fused-ring (bicyclic) bond motifs is 1. The summed E-state index contributed by atoms with van der Waals surface area (Å²) in [5.41, 5.74) is 1.06. The molecule has 32 heavy (non-hydrogen) atoms. The van der Waals surface area contributed by atoms with E-state index in [1.54, 1.807) is 32.2 Å². The lowest BCUT2D eigenvalue weighted by Crippen LogP contribution is -2.38. The van der Waals surface area contributed by atoms with E-state index in [4.69, 9.17) is 23.7 Å². The number of methoxy groups -OCH3 is 1. The first-order chi connectivity index (χ1) is 15.5. The van der Waals surface area contributed by atoms with Crippen LogP contribution in [-0.4, -0.2) is 62.8 Å². The van der Waals surface area contributed by atoms with E-state index in [-0.39, 0.29) is 19.3 Å². The maximum atomic E-state index is 11.8. The topological polar surface area (TPSA) is 95.5 Å². The monoisotopic (exact) mass is 445 g/mol. The molecule has 0 saturated heterocycles. The van der Waals surface area contributed by atoms with E-state index in [0.717, 1.165) is 17.7 Å². The van der Waals surface area contributed by atoms with Crippen LogP contribution < -0.4 is 24.3 Å². The average Bonchev–Trinajstić information content (AvgIpc) is 2.81. The molecule has 8 heteroatoms. The Morgan fingerprint density at radius 2 is 1.94 bits per heavy atom. The maximum absolute atomic E-state index is 11.8. The highest BCUT2D eigenvalue weighted by Gasteiger charge is 2.28. The van der Waals surface area contributed by atoms with Crippen LogP contribution in [0.1, 0.15) is 19.4 Å². The number of hydrogen-bond donors (Lipinski definition) is 2. The van der Waals surface area contributed by atoms with E-state index in [0.29, 0.717) is 30.4 Å². The molecule has 1 aliphatic rings. The van der Waals surface area contributed by atoms with E-state index in [1.165, 1.54) is 0 Å². The first kappa shape index (κ1) is 23.7. The van der Waals surface area contributed by atoms with E-state index >= 15 is 0 Å². The molecule has 3 rings (SSSR count). The minimum atomic E-state index is -0.740. The summed E-state index contributed by atoms with van der Waals surface area (Å²) in [6.07, 6.45) is -0.639. The molecule has 2 aromatic carbocycles. The first-order valence-corrected chi connectivity index (χ1v) is 10.8. The van der Waals surface area contributed by atoms with Crippen LogP contribution in [-0.2, 0) is 16.0 Å². The summed E-state index contributed by atoms with van der Waals surface area (Å²) in [5, 5.41) is 13.5. The number of aliphatic hydroxyl groups excluding tert-OH is 1. The van der Waals surface area contributed by atoms with Crippen molar-refractivity contribution in [2.75, 3.05) is 33.5 Å². The minimum absolute atomic E-state index is 0.125. The van der Waals surface area contributed by atoms with Gasteiger partial charge < -0.3 is 34.1 Å². The standard InChI is InChI=1S/C24H31NO7/c1-4-29-24(27)23-15-31-22-12-17(5-10-21(22)32-23)11-16(2)25-13-18(26)14-30-20-8-6-19(28-3)7-9-20/h5-10,12,16,18,23,25-26H,4,11,13-15H2,1-3H3/t16-,18+,23-/m1/s1. The van der Waals surface area contributed by atoms with Gasteiger partial charge in [-0.15, -0.1) is 0 Å². The van der Waals surface area contributed by atoms with Crippen LogP contribution in [0.3, 0.4) is 0 Å². The Bertz CT molecular complexity index is 871. The molecule has 0 amide bonds. The predicted molar refractivity (Wildman–Crippen MR) is 119 cm³/mol. The molecule has 0 saturated carbocycles. The second-order valence-electron chi connectivity index (χ2n) is 7.60. The normalized spacial score (nSPS) is 16.7. The number of carbonyl (C=O) groups excluding carboxylic acids is 1. The summed E-state index contributed by atoms with van der Waals surface area (Å²) in [6, 6.07) is 13.0. The minimum Gasteiger partial charge on any atom is -0.497 e. The first-order valence-electron chi connectivity index (χ1n) is 10.8. The van der Waals surface area contributed by atoms with Crippen molar-refractivity contribution in [3.05, 3.63) is 48.0 Å². The lowest BCUT2D eigenvalue weighted by Gasteiger charge is -2.25. The number of ether oxygens (including phenoxy) is 5. The summed E-state index contributed by atoms with van der Waals surface area (Å²) in [5.74, 6) is 2.16. The Morgan fingerprint density at radius 1 is 1.19 bits per heavy atom. The number of carbonyl (C=O) groups is 1. The van der Waals surface area contributed by atoms with Crippen LogP contribution >= 0.6 is 0 Å². The summed E-state index contributed by atoms with van der Waals surface area (Å²) in [4.78, 5) is 11.8. The van der Waals surface area contributed by atoms with Crippen molar-refractivity contribution in [1.29, 1.82) is 0 Å². The Hall–Kier alpha value is -2.97. The number of aliphatic hydroxyl groups is 1. The van der Waals surface area contributed by atoms with Gasteiger partial charge in [0.2, 0.25) is 6.10 Å². The molecule has 2 N–H and O–H groups in total. The Labute approximate surface area is 188 Å². The molecule has 8 nitrogen and oxygen atoms in total. The van der Waals surface area contributed by atoms with Crippen molar-refractivity contribution in [1.82, 2.24) is 5.32 Å². The van der Waals surface area contributed by atoms with Crippen molar-refractivity contribution in [2.24, 2.45) is 0 Å². The third kappa shape index (κ3) is 6.77. The Morgan fingerprint density at radius 3 is 2.66 bits per heavy atom. The van der Waals surface area contributed by atoms with Gasteiger partial charge in [0.25, 0.3) is 0 Å². The van der Waals surface area contributed by atoms with Crippen LogP contribution in [0.5, 0.6) is 23.0 Å². The van der Waals surface area contributed by atoms with Gasteiger partial charge in [-0.1, -0.05) is 6.07 Å². The molecule has 0 aromatic heterocycles. The van der Waals surface area contributed by atoms with Gasteiger partial charge in [-0.05, 0) is 62.2 Å². The molecule has 0 bridgehead atoms. The fraction of sp³-hybridized carbons (Fsp3) is 0.458. The highest BCUT2D eigenvalue weighted by Crippen LogP contribution is 2.33. The van der Waals surface area contributed by atoms with Gasteiger partial charge in [-0.2, -0.15) is 0 Å². The smallest absolute Gasteiger partial charge is 0.350 e. The SMILES string of the molecule is CCOC(=O)[C@H]1COc2cc(C[C@@H](C)NC[C@H](O)COc3ccc(OC)cc3)ccc2O1. The van der Waals surface area contributed by atoms with Gasteiger partial charge in [0.05, 0.1) is 13.7 Å². The van der Waals surface area contributed by atoms with Crippen molar-refractivity contribution in [3.63, 3.8) is 0 Å². The lowest BCUT2D eigenvalue weighted by molar-refractivity contribution is -0.153. The van der Waals surface area contributed by atoms with Crippen LogP contribution in [0.2, 0.25) is 0 Å². The zero-order chi connectivity index (χ0) is 22.9. The second-order valence-corrected chi connectivity index (χ2v) is 7.60. The van der Waals surface area contributed by atoms with Crippen LogP contribution in [0.4, 0.5) is 0 Å². The molecule has 0 unspecified atom stereocenters. The quantitative estimate of drug-likeness (QED) is 0.509. The number of nitrogens with one attached hydrogen (secondary N) is 1. The molecule has 1 heterocycles. The second kappa shape index (κ2) is 11.6. The third-order valence-corrected chi connectivity index (χ3v) is 4.96. The molecule has 3 atom stereocenters. The Kier molecular flexibility index (Phi) is 8.58. The molecule has 0 radical (unpaired) electrons. The van der Waals surface area contributed by atoms with Gasteiger partial charge in [0, 0.05) is 12.6 Å². The molecule has 0 fully saturated rings. The van der Waals surface area contributed by atoms with Gasteiger partial charge >= 0.3 is 5.97 Å². The summed E-state index contributed by atoms with van der Waals surface area (Å²) >= 11 is 0. The summed E-state index contributed by atoms with van der Waals surface area (Å²) in [7, 11) is 1.61. The Balaban J connectivity index is 1.42. The van der Waals surface area contributed by atoms with Crippen molar-refractivity contribution in [3.8, 4) is 23.0 Å². The number of benzene rings is 2. The fourth-order valence-corrected chi connectivity index (χ4v) is 3.28. The van der Waals surface area contributed by atoms with Gasteiger partial charge in [-0.3, -0.25) is 0 Å². The van der Waals surface area contributed by atoms with Crippen LogP contribution in [0.25, 0.3) is 0 Å². The van der Waals surface area contributed by atoms with Crippen molar-refractivity contribution in [2.45, 2.75) is 38.5 Å². The van der Waals surface area contributed by atoms with Crippen LogP contribution in [0, 0.1) is 0 Å². The van der Waals surface area contributed by atoms with Gasteiger partial charge in [-0.25, -0.2) is 4.79 Å². The largest absolute Gasteiger partial charge is 0.497 e. The van der Waals surface area contributed by atoms with E-state index in [1.807, 2.05) is 31.2 Å². The highest BCUT2D eigenvalue weighted by atomic mass is 16.6.